The molecule has 3 nitrogen and oxygen atoms in total. The van der Waals surface area contributed by atoms with Crippen molar-refractivity contribution >= 4 is 5.91 Å². The molecule has 3 rings (SSSR count). The van der Waals surface area contributed by atoms with Crippen LogP contribution in [0, 0.1) is 11.8 Å². The van der Waals surface area contributed by atoms with E-state index >= 15 is 0 Å². The van der Waals surface area contributed by atoms with Gasteiger partial charge in [-0.3, -0.25) is 4.79 Å². The molecule has 2 fully saturated rings. The van der Waals surface area contributed by atoms with Crippen molar-refractivity contribution in [3.05, 3.63) is 35.9 Å². The van der Waals surface area contributed by atoms with Gasteiger partial charge in [0.05, 0.1) is 6.04 Å². The number of benzene rings is 1. The Balaban J connectivity index is 1.54. The monoisotopic (exact) mass is 258 g/mol. The molecule has 2 aliphatic carbocycles. The van der Waals surface area contributed by atoms with E-state index in [4.69, 9.17) is 5.73 Å². The third kappa shape index (κ3) is 3.35. The third-order valence-corrected chi connectivity index (χ3v) is 4.20. The van der Waals surface area contributed by atoms with Gasteiger partial charge in [-0.15, -0.1) is 0 Å². The van der Waals surface area contributed by atoms with Crippen LogP contribution in [0.2, 0.25) is 0 Å². The van der Waals surface area contributed by atoms with Crippen molar-refractivity contribution in [2.45, 2.75) is 44.2 Å². The maximum absolute atomic E-state index is 12.2. The number of hydrogen-bond acceptors (Lipinski definition) is 2. The zero-order chi connectivity index (χ0) is 13.2. The predicted molar refractivity (Wildman–Crippen MR) is 75.5 cm³/mol. The molecule has 1 aromatic carbocycles. The van der Waals surface area contributed by atoms with Crippen LogP contribution in [0.1, 0.15) is 31.2 Å². The van der Waals surface area contributed by atoms with Gasteiger partial charge in [0.15, 0.2) is 0 Å². The Kier molecular flexibility index (Phi) is 3.56. The van der Waals surface area contributed by atoms with Gasteiger partial charge in [-0.1, -0.05) is 30.3 Å². The molecule has 1 aromatic rings. The van der Waals surface area contributed by atoms with Crippen molar-refractivity contribution < 1.29 is 4.79 Å². The molecule has 0 unspecified atom stereocenters. The normalized spacial score (nSPS) is 20.3. The second-order valence-electron chi connectivity index (χ2n) is 6.01. The highest BCUT2D eigenvalue weighted by Crippen LogP contribution is 2.44. The summed E-state index contributed by atoms with van der Waals surface area (Å²) in [6.07, 6.45) is 5.71. The highest BCUT2D eigenvalue weighted by molar-refractivity contribution is 5.82. The molecule has 2 aliphatic rings. The summed E-state index contributed by atoms with van der Waals surface area (Å²) in [5.41, 5.74) is 7.15. The van der Waals surface area contributed by atoms with Gasteiger partial charge in [0, 0.05) is 6.04 Å². The van der Waals surface area contributed by atoms with Crippen molar-refractivity contribution in [2.75, 3.05) is 0 Å². The lowest BCUT2D eigenvalue weighted by Crippen LogP contribution is -2.48. The first-order valence-corrected chi connectivity index (χ1v) is 7.34. The van der Waals surface area contributed by atoms with Gasteiger partial charge in [0.2, 0.25) is 5.91 Å². The Bertz CT molecular complexity index is 425. The van der Waals surface area contributed by atoms with Crippen molar-refractivity contribution in [3.63, 3.8) is 0 Å². The molecule has 0 aliphatic heterocycles. The molecule has 0 aromatic heterocycles. The fraction of sp³-hybridized carbons (Fsp3) is 0.562. The second kappa shape index (κ2) is 5.33. The van der Waals surface area contributed by atoms with Crippen molar-refractivity contribution in [1.29, 1.82) is 0 Å². The smallest absolute Gasteiger partial charge is 0.237 e. The molecule has 1 atom stereocenters. The van der Waals surface area contributed by atoms with Crippen LogP contribution in [0.5, 0.6) is 0 Å². The van der Waals surface area contributed by atoms with Crippen LogP contribution in [-0.4, -0.2) is 18.0 Å². The summed E-state index contributed by atoms with van der Waals surface area (Å²) < 4.78 is 0. The van der Waals surface area contributed by atoms with E-state index in [1.807, 2.05) is 30.3 Å². The minimum Gasteiger partial charge on any atom is -0.351 e. The number of rotatable bonds is 6. The van der Waals surface area contributed by atoms with Crippen LogP contribution in [-0.2, 0) is 11.2 Å². The quantitative estimate of drug-likeness (QED) is 0.818. The number of nitrogens with two attached hydrogens (primary N) is 1. The Morgan fingerprint density at radius 2 is 1.74 bits per heavy atom. The maximum atomic E-state index is 12.2. The van der Waals surface area contributed by atoms with E-state index in [9.17, 15) is 4.79 Å². The number of carbonyl (C=O) groups is 1. The van der Waals surface area contributed by atoms with Crippen molar-refractivity contribution in [1.82, 2.24) is 5.32 Å². The maximum Gasteiger partial charge on any atom is 0.237 e. The van der Waals surface area contributed by atoms with E-state index in [2.05, 4.69) is 5.32 Å². The van der Waals surface area contributed by atoms with Gasteiger partial charge in [0.1, 0.15) is 0 Å². The molecule has 1 amide bonds. The van der Waals surface area contributed by atoms with Crippen LogP contribution >= 0.6 is 0 Å². The van der Waals surface area contributed by atoms with Crippen LogP contribution in [0.25, 0.3) is 0 Å². The molecule has 0 spiro atoms. The van der Waals surface area contributed by atoms with E-state index in [0.717, 1.165) is 17.4 Å². The van der Waals surface area contributed by atoms with Gasteiger partial charge in [-0.25, -0.2) is 0 Å². The van der Waals surface area contributed by atoms with Crippen LogP contribution in [0.3, 0.4) is 0 Å². The molecular formula is C16H22N2O. The summed E-state index contributed by atoms with van der Waals surface area (Å²) in [5, 5.41) is 3.20. The molecule has 0 saturated heterocycles. The van der Waals surface area contributed by atoms with Crippen LogP contribution in [0.4, 0.5) is 0 Å². The minimum absolute atomic E-state index is 0.0210. The van der Waals surface area contributed by atoms with Gasteiger partial charge in [0.25, 0.3) is 0 Å². The Morgan fingerprint density at radius 3 is 2.26 bits per heavy atom. The first-order valence-electron chi connectivity index (χ1n) is 7.34. The summed E-state index contributed by atoms with van der Waals surface area (Å²) in [6, 6.07) is 9.95. The minimum atomic E-state index is -0.428. The van der Waals surface area contributed by atoms with E-state index < -0.39 is 6.04 Å². The lowest BCUT2D eigenvalue weighted by Gasteiger charge is -2.20. The number of hydrogen-bond donors (Lipinski definition) is 2. The summed E-state index contributed by atoms with van der Waals surface area (Å²) >= 11 is 0. The highest BCUT2D eigenvalue weighted by atomic mass is 16.2. The topological polar surface area (TPSA) is 55.1 Å². The third-order valence-electron chi connectivity index (χ3n) is 4.20. The molecule has 0 radical (unpaired) electrons. The Morgan fingerprint density at radius 1 is 1.16 bits per heavy atom. The molecule has 19 heavy (non-hydrogen) atoms. The fourth-order valence-corrected chi connectivity index (χ4v) is 2.76. The summed E-state index contributed by atoms with van der Waals surface area (Å²) in [7, 11) is 0. The first kappa shape index (κ1) is 12.7. The average molecular weight is 258 g/mol. The van der Waals surface area contributed by atoms with Crippen molar-refractivity contribution in [2.24, 2.45) is 17.6 Å². The van der Waals surface area contributed by atoms with E-state index in [1.54, 1.807) is 0 Å². The number of amides is 1. The number of nitrogens with one attached hydrogen (secondary N) is 1. The van der Waals surface area contributed by atoms with Gasteiger partial charge >= 0.3 is 0 Å². The largest absolute Gasteiger partial charge is 0.351 e. The molecule has 3 N–H and O–H groups in total. The average Bonchev–Trinajstić information content (AvgIpc) is 3.30. The number of carbonyl (C=O) groups excluding carboxylic acids is 1. The second-order valence-corrected chi connectivity index (χ2v) is 6.01. The summed E-state index contributed by atoms with van der Waals surface area (Å²) in [4.78, 5) is 12.2. The first-order chi connectivity index (χ1) is 9.24. The Labute approximate surface area is 114 Å². The zero-order valence-electron chi connectivity index (χ0n) is 11.2. The molecular weight excluding hydrogens is 236 g/mol. The lowest BCUT2D eigenvalue weighted by molar-refractivity contribution is -0.123. The molecule has 3 heteroatoms. The Hall–Kier alpha value is -1.35. The zero-order valence-corrected chi connectivity index (χ0v) is 11.2. The molecule has 0 heterocycles. The highest BCUT2D eigenvalue weighted by Gasteiger charge is 2.42. The van der Waals surface area contributed by atoms with Crippen molar-refractivity contribution in [3.8, 4) is 0 Å². The fourth-order valence-electron chi connectivity index (χ4n) is 2.76. The molecule has 0 bridgehead atoms. The van der Waals surface area contributed by atoms with E-state index in [0.29, 0.717) is 12.5 Å². The SMILES string of the molecule is N[C@H](Cc1ccccc1)C(=O)NC(C1CC1)C1CC1. The van der Waals surface area contributed by atoms with E-state index in [1.165, 1.54) is 25.7 Å². The molecule has 2 saturated carbocycles. The summed E-state index contributed by atoms with van der Waals surface area (Å²) in [6.45, 7) is 0. The lowest BCUT2D eigenvalue weighted by atomic mass is 10.0. The van der Waals surface area contributed by atoms with Gasteiger partial charge in [-0.2, -0.15) is 0 Å². The van der Waals surface area contributed by atoms with Gasteiger partial charge in [-0.05, 0) is 49.5 Å². The molecule has 102 valence electrons. The van der Waals surface area contributed by atoms with Crippen LogP contribution < -0.4 is 11.1 Å². The standard InChI is InChI=1S/C16H22N2O/c17-14(10-11-4-2-1-3-5-11)16(19)18-15(12-6-7-12)13-8-9-13/h1-5,12-15H,6-10,17H2,(H,18,19)/t14-/m1/s1. The summed E-state index contributed by atoms with van der Waals surface area (Å²) in [5.74, 6) is 1.47. The van der Waals surface area contributed by atoms with Gasteiger partial charge < -0.3 is 11.1 Å². The van der Waals surface area contributed by atoms with Crippen LogP contribution in [0.15, 0.2) is 30.3 Å². The van der Waals surface area contributed by atoms with E-state index in [-0.39, 0.29) is 5.91 Å². The predicted octanol–water partition coefficient (Wildman–Crippen LogP) is 1.86.